The lowest BCUT2D eigenvalue weighted by molar-refractivity contribution is -0.259. The van der Waals surface area contributed by atoms with Crippen LogP contribution in [0.4, 0.5) is 0 Å². The molecule has 0 unspecified atom stereocenters. The van der Waals surface area contributed by atoms with Crippen LogP contribution in [-0.2, 0) is 14.0 Å². The summed E-state index contributed by atoms with van der Waals surface area (Å²) in [5.74, 6) is 0. The molecular weight excluding hydrogens is 255 g/mol. The smallest absolute Gasteiger partial charge is 0.325 e. The summed E-state index contributed by atoms with van der Waals surface area (Å²) in [5, 5.41) is 28.8. The minimum Gasteiger partial charge on any atom is -0.387 e. The molecule has 0 spiro atoms. The van der Waals surface area contributed by atoms with Crippen LogP contribution in [0.3, 0.4) is 0 Å². The zero-order valence-electron chi connectivity index (χ0n) is 8.84. The molecule has 0 amide bonds. The van der Waals surface area contributed by atoms with Gasteiger partial charge in [-0.25, -0.2) is 0 Å². The Labute approximate surface area is 96.9 Å². The summed E-state index contributed by atoms with van der Waals surface area (Å²) in [7, 11) is -4.22. The highest BCUT2D eigenvalue weighted by atomic mass is 31.2. The molecule has 2 fully saturated rings. The molecule has 8 nitrogen and oxygen atoms in total. The Balaban J connectivity index is 2.12. The summed E-state index contributed by atoms with van der Waals surface area (Å²) in [6, 6.07) is 0. The summed E-state index contributed by atoms with van der Waals surface area (Å²) < 4.78 is 21.1. The van der Waals surface area contributed by atoms with Gasteiger partial charge < -0.3 is 34.6 Å². The van der Waals surface area contributed by atoms with Gasteiger partial charge in [0.05, 0.1) is 12.8 Å². The maximum Gasteiger partial charge on any atom is 0.325 e. The molecule has 0 aromatic heterocycles. The normalized spacial score (nSPS) is 46.2. The second-order valence-corrected chi connectivity index (χ2v) is 6.20. The van der Waals surface area contributed by atoms with Crippen molar-refractivity contribution >= 4 is 7.60 Å². The Morgan fingerprint density at radius 3 is 2.47 bits per heavy atom. The number of fused-ring (bicyclic) bond motifs is 2. The van der Waals surface area contributed by atoms with Gasteiger partial charge >= 0.3 is 7.60 Å². The first-order valence-electron chi connectivity index (χ1n) is 5.13. The molecule has 0 saturated carbocycles. The standard InChI is InChI=1S/C8H15O8P/c9-4-5(10)7-15-3-8(16-7,6(4)11)1-2-17(12,13)14/h4-7,9-11H,1-3H2,(H2,12,13,14)/t4-,5+,6+,7+,8+/m1/s1. The third-order valence-electron chi connectivity index (χ3n) is 3.16. The summed E-state index contributed by atoms with van der Waals surface area (Å²) in [5.41, 5.74) is -1.36. The highest BCUT2D eigenvalue weighted by molar-refractivity contribution is 7.51. The van der Waals surface area contributed by atoms with Crippen LogP contribution in [-0.4, -0.2) is 68.1 Å². The van der Waals surface area contributed by atoms with E-state index in [9.17, 15) is 19.9 Å². The van der Waals surface area contributed by atoms with Gasteiger partial charge in [-0.1, -0.05) is 0 Å². The van der Waals surface area contributed by atoms with Crippen molar-refractivity contribution in [2.75, 3.05) is 12.8 Å². The summed E-state index contributed by atoms with van der Waals surface area (Å²) >= 11 is 0. The van der Waals surface area contributed by atoms with Crippen molar-refractivity contribution < 1.29 is 39.1 Å². The molecule has 0 radical (unpaired) electrons. The predicted molar refractivity (Wildman–Crippen MR) is 53.1 cm³/mol. The third kappa shape index (κ3) is 2.40. The van der Waals surface area contributed by atoms with Gasteiger partial charge in [0.15, 0.2) is 6.29 Å². The number of hydrogen-bond donors (Lipinski definition) is 5. The molecular formula is C8H15O8P. The molecule has 2 bridgehead atoms. The van der Waals surface area contributed by atoms with Crippen LogP contribution in [0.5, 0.6) is 0 Å². The quantitative estimate of drug-likeness (QED) is 0.363. The summed E-state index contributed by atoms with van der Waals surface area (Å²) in [4.78, 5) is 17.6. The van der Waals surface area contributed by atoms with Crippen LogP contribution in [0.2, 0.25) is 0 Å². The van der Waals surface area contributed by atoms with Gasteiger partial charge in [0.1, 0.15) is 23.9 Å². The Bertz CT molecular complexity index is 342. The van der Waals surface area contributed by atoms with E-state index in [-0.39, 0.29) is 13.0 Å². The van der Waals surface area contributed by atoms with Crippen LogP contribution in [0, 0.1) is 0 Å². The van der Waals surface area contributed by atoms with E-state index in [0.717, 1.165) is 0 Å². The monoisotopic (exact) mass is 270 g/mol. The van der Waals surface area contributed by atoms with Gasteiger partial charge in [0, 0.05) is 0 Å². The second kappa shape index (κ2) is 4.25. The van der Waals surface area contributed by atoms with Crippen molar-refractivity contribution in [1.82, 2.24) is 0 Å². The first kappa shape index (κ1) is 13.4. The molecule has 0 aliphatic carbocycles. The van der Waals surface area contributed by atoms with E-state index >= 15 is 0 Å². The number of rotatable bonds is 3. The lowest BCUT2D eigenvalue weighted by atomic mass is 9.87. The van der Waals surface area contributed by atoms with Crippen LogP contribution in [0.15, 0.2) is 0 Å². The molecule has 2 saturated heterocycles. The zero-order chi connectivity index (χ0) is 12.8. The average Bonchev–Trinajstić information content (AvgIpc) is 2.64. The van der Waals surface area contributed by atoms with Gasteiger partial charge in [-0.05, 0) is 6.42 Å². The highest BCUT2D eigenvalue weighted by Crippen LogP contribution is 2.44. The number of aliphatic hydroxyl groups is 3. The Hall–Kier alpha value is -0.0500. The van der Waals surface area contributed by atoms with Gasteiger partial charge in [-0.2, -0.15) is 0 Å². The van der Waals surface area contributed by atoms with Crippen molar-refractivity contribution in [3.63, 3.8) is 0 Å². The lowest BCUT2D eigenvalue weighted by Gasteiger charge is -2.41. The second-order valence-electron chi connectivity index (χ2n) is 4.43. The van der Waals surface area contributed by atoms with Crippen LogP contribution < -0.4 is 0 Å². The maximum absolute atomic E-state index is 10.8. The van der Waals surface area contributed by atoms with E-state index in [2.05, 4.69) is 0 Å². The largest absolute Gasteiger partial charge is 0.387 e. The lowest BCUT2D eigenvalue weighted by Crippen LogP contribution is -2.61. The Morgan fingerprint density at radius 1 is 1.24 bits per heavy atom. The fourth-order valence-corrected chi connectivity index (χ4v) is 2.79. The van der Waals surface area contributed by atoms with E-state index in [1.807, 2.05) is 0 Å². The molecule has 100 valence electrons. The Morgan fingerprint density at radius 2 is 1.88 bits per heavy atom. The minimum absolute atomic E-state index is 0.118. The molecule has 0 aromatic rings. The molecule has 0 aromatic carbocycles. The molecule has 2 aliphatic rings. The Kier molecular flexibility index (Phi) is 3.35. The first-order valence-corrected chi connectivity index (χ1v) is 6.93. The van der Waals surface area contributed by atoms with Gasteiger partial charge in [0.25, 0.3) is 0 Å². The van der Waals surface area contributed by atoms with Gasteiger partial charge in [-0.3, -0.25) is 4.57 Å². The van der Waals surface area contributed by atoms with E-state index in [0.29, 0.717) is 0 Å². The molecule has 5 atom stereocenters. The predicted octanol–water partition coefficient (Wildman–Crippen LogP) is -2.24. The van der Waals surface area contributed by atoms with Crippen molar-refractivity contribution in [3.05, 3.63) is 0 Å². The first-order chi connectivity index (χ1) is 7.75. The number of aliphatic hydroxyl groups excluding tert-OH is 3. The SMILES string of the molecule is O=P(O)(O)CC[C@@]12CO[C@@H](O1)[C@@H](O)[C@@H](O)[C@@H]2O. The van der Waals surface area contributed by atoms with E-state index in [1.54, 1.807) is 0 Å². The van der Waals surface area contributed by atoms with Crippen LogP contribution >= 0.6 is 7.60 Å². The fraction of sp³-hybridized carbons (Fsp3) is 1.00. The molecule has 5 N–H and O–H groups in total. The summed E-state index contributed by atoms with van der Waals surface area (Å²) in [6.45, 7) is -0.118. The van der Waals surface area contributed by atoms with Gasteiger partial charge in [-0.15, -0.1) is 0 Å². The molecule has 17 heavy (non-hydrogen) atoms. The van der Waals surface area contributed by atoms with E-state index in [4.69, 9.17) is 19.3 Å². The van der Waals surface area contributed by atoms with Crippen LogP contribution in [0.25, 0.3) is 0 Å². The average molecular weight is 270 g/mol. The van der Waals surface area contributed by atoms with Crippen molar-refractivity contribution in [2.24, 2.45) is 0 Å². The minimum atomic E-state index is -4.22. The molecule has 2 rings (SSSR count). The van der Waals surface area contributed by atoms with E-state index < -0.39 is 44.0 Å². The number of hydrogen-bond acceptors (Lipinski definition) is 6. The van der Waals surface area contributed by atoms with Crippen molar-refractivity contribution in [2.45, 2.75) is 36.6 Å². The van der Waals surface area contributed by atoms with Crippen molar-refractivity contribution in [3.8, 4) is 0 Å². The highest BCUT2D eigenvalue weighted by Gasteiger charge is 2.58. The zero-order valence-corrected chi connectivity index (χ0v) is 9.73. The molecule has 2 heterocycles. The number of ether oxygens (including phenoxy) is 2. The summed E-state index contributed by atoms with van der Waals surface area (Å²) in [6.07, 6.45) is -5.96. The van der Waals surface area contributed by atoms with Crippen molar-refractivity contribution in [1.29, 1.82) is 0 Å². The van der Waals surface area contributed by atoms with Crippen LogP contribution in [0.1, 0.15) is 6.42 Å². The maximum atomic E-state index is 10.8. The molecule has 9 heteroatoms. The third-order valence-corrected chi connectivity index (χ3v) is 3.97. The molecule has 2 aliphatic heterocycles. The van der Waals surface area contributed by atoms with E-state index in [1.165, 1.54) is 0 Å². The fourth-order valence-electron chi connectivity index (χ4n) is 2.12. The van der Waals surface area contributed by atoms with Gasteiger partial charge in [0.2, 0.25) is 0 Å². The topological polar surface area (TPSA) is 137 Å².